The summed E-state index contributed by atoms with van der Waals surface area (Å²) in [4.78, 5) is 12.1. The van der Waals surface area contributed by atoms with Gasteiger partial charge in [-0.25, -0.2) is 0 Å². The zero-order chi connectivity index (χ0) is 15.3. The van der Waals surface area contributed by atoms with Gasteiger partial charge >= 0.3 is 0 Å². The van der Waals surface area contributed by atoms with E-state index in [0.717, 1.165) is 18.0 Å². The fourth-order valence-electron chi connectivity index (χ4n) is 2.00. The van der Waals surface area contributed by atoms with Gasteiger partial charge in [-0.2, -0.15) is 11.8 Å². The van der Waals surface area contributed by atoms with Gasteiger partial charge in [-0.15, -0.1) is 0 Å². The van der Waals surface area contributed by atoms with E-state index in [1.807, 2.05) is 30.0 Å². The highest BCUT2D eigenvalue weighted by atomic mass is 32.2. The minimum Gasteiger partial charge on any atom is -0.378 e. The number of hydrogen-bond donors (Lipinski definition) is 2. The lowest BCUT2D eigenvalue weighted by Gasteiger charge is -2.23. The standard InChI is InChI=1S/C16H24N2O2S/c1-16(2,3)21-11-12-5-4-6-13(9-12)18-15(19)14-10-20-8-7-17-14/h4-6,9,14,17H,7-8,10-11H2,1-3H3,(H,18,19)/t14-/m0/s1. The van der Waals surface area contributed by atoms with Gasteiger partial charge in [0.25, 0.3) is 0 Å². The van der Waals surface area contributed by atoms with Crippen molar-refractivity contribution in [2.45, 2.75) is 37.3 Å². The molecule has 4 nitrogen and oxygen atoms in total. The van der Waals surface area contributed by atoms with E-state index in [4.69, 9.17) is 4.74 Å². The van der Waals surface area contributed by atoms with Crippen LogP contribution in [0.3, 0.4) is 0 Å². The maximum absolute atomic E-state index is 12.1. The Hall–Kier alpha value is -1.04. The molecule has 0 spiro atoms. The van der Waals surface area contributed by atoms with Crippen LogP contribution in [0.15, 0.2) is 24.3 Å². The number of carbonyl (C=O) groups excluding carboxylic acids is 1. The third kappa shape index (κ3) is 5.69. The largest absolute Gasteiger partial charge is 0.378 e. The minimum absolute atomic E-state index is 0.0321. The van der Waals surface area contributed by atoms with E-state index < -0.39 is 0 Å². The first-order chi connectivity index (χ1) is 9.94. The number of carbonyl (C=O) groups is 1. The summed E-state index contributed by atoms with van der Waals surface area (Å²) >= 11 is 1.90. The first kappa shape index (κ1) is 16.3. The Bertz CT molecular complexity index is 479. The quantitative estimate of drug-likeness (QED) is 0.898. The lowest BCUT2D eigenvalue weighted by molar-refractivity contribution is -0.120. The van der Waals surface area contributed by atoms with Gasteiger partial charge in [-0.05, 0) is 17.7 Å². The maximum atomic E-state index is 12.1. The van der Waals surface area contributed by atoms with Gasteiger partial charge in [-0.1, -0.05) is 32.9 Å². The molecule has 1 amide bonds. The molecule has 1 heterocycles. The van der Waals surface area contributed by atoms with Crippen molar-refractivity contribution < 1.29 is 9.53 Å². The van der Waals surface area contributed by atoms with Crippen LogP contribution in [-0.4, -0.2) is 36.5 Å². The summed E-state index contributed by atoms with van der Waals surface area (Å²) in [5.41, 5.74) is 2.07. The van der Waals surface area contributed by atoms with Crippen molar-refractivity contribution in [1.29, 1.82) is 0 Å². The van der Waals surface area contributed by atoms with Crippen LogP contribution in [0.25, 0.3) is 0 Å². The van der Waals surface area contributed by atoms with Crippen molar-refractivity contribution in [3.63, 3.8) is 0 Å². The van der Waals surface area contributed by atoms with Gasteiger partial charge in [0.1, 0.15) is 6.04 Å². The normalized spacial score (nSPS) is 19.3. The van der Waals surface area contributed by atoms with Crippen molar-refractivity contribution in [2.75, 3.05) is 25.1 Å². The van der Waals surface area contributed by atoms with Crippen LogP contribution in [0.1, 0.15) is 26.3 Å². The number of thioether (sulfide) groups is 1. The SMILES string of the molecule is CC(C)(C)SCc1cccc(NC(=O)[C@@H]2COCCN2)c1. The molecule has 1 aliphatic rings. The summed E-state index contributed by atoms with van der Waals surface area (Å²) in [7, 11) is 0. The van der Waals surface area contributed by atoms with Crippen LogP contribution in [0, 0.1) is 0 Å². The van der Waals surface area contributed by atoms with E-state index in [1.54, 1.807) is 0 Å². The first-order valence-corrected chi connectivity index (χ1v) is 8.27. The number of anilines is 1. The van der Waals surface area contributed by atoms with Gasteiger partial charge in [0.15, 0.2) is 0 Å². The topological polar surface area (TPSA) is 50.4 Å². The Morgan fingerprint density at radius 1 is 1.48 bits per heavy atom. The molecule has 116 valence electrons. The van der Waals surface area contributed by atoms with Gasteiger partial charge < -0.3 is 15.4 Å². The second-order valence-electron chi connectivity index (χ2n) is 6.17. The minimum atomic E-state index is -0.258. The molecular formula is C16H24N2O2S. The molecule has 2 rings (SSSR count). The first-order valence-electron chi connectivity index (χ1n) is 7.29. The average Bonchev–Trinajstić information content (AvgIpc) is 2.46. The van der Waals surface area contributed by atoms with Crippen LogP contribution < -0.4 is 10.6 Å². The van der Waals surface area contributed by atoms with Crippen molar-refractivity contribution >= 4 is 23.4 Å². The van der Waals surface area contributed by atoms with Crippen LogP contribution in [0.2, 0.25) is 0 Å². The van der Waals surface area contributed by atoms with Crippen LogP contribution in [-0.2, 0) is 15.3 Å². The van der Waals surface area contributed by atoms with Gasteiger partial charge in [0.2, 0.25) is 5.91 Å². The van der Waals surface area contributed by atoms with Crippen molar-refractivity contribution in [3.8, 4) is 0 Å². The van der Waals surface area contributed by atoms with E-state index in [9.17, 15) is 4.79 Å². The lowest BCUT2D eigenvalue weighted by atomic mass is 10.2. The number of hydrogen-bond acceptors (Lipinski definition) is 4. The molecule has 0 saturated carbocycles. The molecule has 21 heavy (non-hydrogen) atoms. The molecule has 0 aliphatic carbocycles. The number of amides is 1. The molecule has 5 heteroatoms. The fourth-order valence-corrected chi connectivity index (χ4v) is 2.78. The third-order valence-electron chi connectivity index (χ3n) is 3.10. The molecule has 1 aromatic rings. The summed E-state index contributed by atoms with van der Waals surface area (Å²) in [6, 6.07) is 7.79. The number of morpholine rings is 1. The van der Waals surface area contributed by atoms with E-state index in [-0.39, 0.29) is 16.7 Å². The number of ether oxygens (including phenoxy) is 1. The van der Waals surface area contributed by atoms with Crippen molar-refractivity contribution in [1.82, 2.24) is 5.32 Å². The second-order valence-corrected chi connectivity index (χ2v) is 7.97. The Kier molecular flexibility index (Phi) is 5.67. The van der Waals surface area contributed by atoms with Crippen LogP contribution in [0.5, 0.6) is 0 Å². The van der Waals surface area contributed by atoms with Crippen LogP contribution >= 0.6 is 11.8 Å². The summed E-state index contributed by atoms with van der Waals surface area (Å²) in [5, 5.41) is 6.12. The van der Waals surface area contributed by atoms with Gasteiger partial charge in [0.05, 0.1) is 13.2 Å². The predicted molar refractivity (Wildman–Crippen MR) is 88.7 cm³/mol. The Morgan fingerprint density at radius 3 is 2.95 bits per heavy atom. The predicted octanol–water partition coefficient (Wildman–Crippen LogP) is 2.65. The summed E-state index contributed by atoms with van der Waals surface area (Å²) in [6.45, 7) is 8.45. The highest BCUT2D eigenvalue weighted by Gasteiger charge is 2.21. The number of benzene rings is 1. The Balaban J connectivity index is 1.92. The summed E-state index contributed by atoms with van der Waals surface area (Å²) in [5.74, 6) is 0.910. The molecule has 0 unspecified atom stereocenters. The Labute approximate surface area is 131 Å². The smallest absolute Gasteiger partial charge is 0.243 e. The zero-order valence-electron chi connectivity index (χ0n) is 12.9. The van der Waals surface area contributed by atoms with Gasteiger partial charge in [-0.3, -0.25) is 4.79 Å². The highest BCUT2D eigenvalue weighted by Crippen LogP contribution is 2.27. The summed E-state index contributed by atoms with van der Waals surface area (Å²) in [6.07, 6.45) is 0. The zero-order valence-corrected chi connectivity index (χ0v) is 13.8. The maximum Gasteiger partial charge on any atom is 0.243 e. The molecule has 0 radical (unpaired) electrons. The lowest BCUT2D eigenvalue weighted by Crippen LogP contribution is -2.48. The molecule has 0 bridgehead atoms. The van der Waals surface area contributed by atoms with E-state index in [1.165, 1.54) is 5.56 Å². The molecule has 1 aromatic carbocycles. The molecular weight excluding hydrogens is 284 g/mol. The molecule has 2 N–H and O–H groups in total. The van der Waals surface area contributed by atoms with E-state index in [2.05, 4.69) is 37.5 Å². The molecule has 1 saturated heterocycles. The fraction of sp³-hybridized carbons (Fsp3) is 0.562. The molecule has 1 aliphatic heterocycles. The second kappa shape index (κ2) is 7.29. The number of nitrogens with one attached hydrogen (secondary N) is 2. The molecule has 0 aromatic heterocycles. The molecule has 1 fully saturated rings. The molecule has 1 atom stereocenters. The Morgan fingerprint density at radius 2 is 2.29 bits per heavy atom. The monoisotopic (exact) mass is 308 g/mol. The van der Waals surface area contributed by atoms with E-state index in [0.29, 0.717) is 13.2 Å². The highest BCUT2D eigenvalue weighted by molar-refractivity contribution is 7.99. The van der Waals surface area contributed by atoms with Crippen molar-refractivity contribution in [2.24, 2.45) is 0 Å². The average molecular weight is 308 g/mol. The van der Waals surface area contributed by atoms with Crippen molar-refractivity contribution in [3.05, 3.63) is 29.8 Å². The van der Waals surface area contributed by atoms with Gasteiger partial charge in [0, 0.05) is 22.7 Å². The van der Waals surface area contributed by atoms with E-state index >= 15 is 0 Å². The van der Waals surface area contributed by atoms with Crippen LogP contribution in [0.4, 0.5) is 5.69 Å². The third-order valence-corrected chi connectivity index (χ3v) is 4.45. The summed E-state index contributed by atoms with van der Waals surface area (Å²) < 4.78 is 5.55. The number of rotatable bonds is 4.